The van der Waals surface area contributed by atoms with Crippen molar-refractivity contribution in [1.29, 1.82) is 5.26 Å². The lowest BCUT2D eigenvalue weighted by Gasteiger charge is -2.23. The molecule has 0 saturated heterocycles. The van der Waals surface area contributed by atoms with Crippen LogP contribution in [0.4, 0.5) is 0 Å². The fraction of sp³-hybridized carbons (Fsp3) is 0.316. The highest BCUT2D eigenvalue weighted by Gasteiger charge is 2.14. The van der Waals surface area contributed by atoms with Crippen molar-refractivity contribution in [3.05, 3.63) is 58.9 Å². The standard InChI is InChI=1S/C19H19ClN2/c20-18-6-4-5-16(12-18)17(13-21)11-15-9-10-22(14-15)19-7-2-1-3-8-19/h4-6,9-12,14,19H,1-3,7-8H2/b17-11+. The third kappa shape index (κ3) is 3.43. The van der Waals surface area contributed by atoms with Crippen molar-refractivity contribution in [1.82, 2.24) is 4.57 Å². The van der Waals surface area contributed by atoms with Gasteiger partial charge in [-0.05, 0) is 48.2 Å². The van der Waals surface area contributed by atoms with Gasteiger partial charge in [-0.1, -0.05) is 43.0 Å². The number of nitrogens with zero attached hydrogens (tertiary/aromatic N) is 2. The fourth-order valence-corrected chi connectivity index (χ4v) is 3.32. The molecule has 0 amide bonds. The summed E-state index contributed by atoms with van der Waals surface area (Å²) in [6.07, 6.45) is 12.7. The van der Waals surface area contributed by atoms with Gasteiger partial charge in [0.1, 0.15) is 0 Å². The summed E-state index contributed by atoms with van der Waals surface area (Å²) in [4.78, 5) is 0. The van der Waals surface area contributed by atoms with Crippen molar-refractivity contribution in [3.63, 3.8) is 0 Å². The maximum Gasteiger partial charge on any atom is 0.0998 e. The van der Waals surface area contributed by atoms with Gasteiger partial charge in [0.25, 0.3) is 0 Å². The zero-order valence-electron chi connectivity index (χ0n) is 12.5. The van der Waals surface area contributed by atoms with E-state index >= 15 is 0 Å². The second kappa shape index (κ2) is 6.85. The Labute approximate surface area is 136 Å². The van der Waals surface area contributed by atoms with Gasteiger partial charge in [-0.2, -0.15) is 5.26 Å². The third-order valence-corrected chi connectivity index (χ3v) is 4.54. The molecule has 1 aromatic carbocycles. The minimum Gasteiger partial charge on any atom is -0.351 e. The van der Waals surface area contributed by atoms with Crippen LogP contribution in [0, 0.1) is 11.3 Å². The molecule has 3 heteroatoms. The number of nitriles is 1. The van der Waals surface area contributed by atoms with Crippen LogP contribution in [0.5, 0.6) is 0 Å². The molecule has 22 heavy (non-hydrogen) atoms. The second-order valence-corrected chi connectivity index (χ2v) is 6.30. The molecule has 1 saturated carbocycles. The lowest BCUT2D eigenvalue weighted by molar-refractivity contribution is 0.354. The van der Waals surface area contributed by atoms with Crippen LogP contribution in [0.15, 0.2) is 42.7 Å². The molecule has 0 bridgehead atoms. The Morgan fingerprint density at radius 3 is 2.77 bits per heavy atom. The Hall–Kier alpha value is -1.98. The van der Waals surface area contributed by atoms with Gasteiger partial charge in [-0.3, -0.25) is 0 Å². The largest absolute Gasteiger partial charge is 0.351 e. The Bertz CT molecular complexity index is 715. The Balaban J connectivity index is 1.84. The summed E-state index contributed by atoms with van der Waals surface area (Å²) in [5.41, 5.74) is 2.58. The van der Waals surface area contributed by atoms with E-state index in [2.05, 4.69) is 29.1 Å². The van der Waals surface area contributed by atoms with Gasteiger partial charge < -0.3 is 4.57 Å². The zero-order valence-corrected chi connectivity index (χ0v) is 13.3. The third-order valence-electron chi connectivity index (χ3n) is 4.30. The highest BCUT2D eigenvalue weighted by Crippen LogP contribution is 2.29. The first-order valence-electron chi connectivity index (χ1n) is 7.81. The molecular weight excluding hydrogens is 292 g/mol. The number of hydrogen-bond donors (Lipinski definition) is 0. The number of aromatic nitrogens is 1. The minimum absolute atomic E-state index is 0.618. The van der Waals surface area contributed by atoms with E-state index in [1.807, 2.05) is 30.3 Å². The Kier molecular flexibility index (Phi) is 4.65. The summed E-state index contributed by atoms with van der Waals surface area (Å²) >= 11 is 6.01. The average Bonchev–Trinajstić information content (AvgIpc) is 3.02. The summed E-state index contributed by atoms with van der Waals surface area (Å²) in [6.45, 7) is 0. The van der Waals surface area contributed by atoms with Crippen LogP contribution in [-0.4, -0.2) is 4.57 Å². The number of halogens is 1. The quantitative estimate of drug-likeness (QED) is 0.667. The summed E-state index contributed by atoms with van der Waals surface area (Å²) in [5.74, 6) is 0. The molecule has 1 aliphatic carbocycles. The van der Waals surface area contributed by atoms with Crippen molar-refractivity contribution in [2.24, 2.45) is 0 Å². The van der Waals surface area contributed by atoms with Crippen LogP contribution in [0.25, 0.3) is 11.6 Å². The van der Waals surface area contributed by atoms with Crippen LogP contribution in [0.2, 0.25) is 5.02 Å². The smallest absolute Gasteiger partial charge is 0.0998 e. The number of hydrogen-bond acceptors (Lipinski definition) is 1. The van der Waals surface area contributed by atoms with Crippen LogP contribution in [0.3, 0.4) is 0 Å². The first kappa shape index (κ1) is 14.9. The van der Waals surface area contributed by atoms with Gasteiger partial charge in [0.2, 0.25) is 0 Å². The molecule has 1 aliphatic rings. The molecule has 2 aromatic rings. The average molecular weight is 311 g/mol. The predicted octanol–water partition coefficient (Wildman–Crippen LogP) is 5.71. The molecule has 1 aromatic heterocycles. The van der Waals surface area contributed by atoms with Crippen molar-refractivity contribution in [2.45, 2.75) is 38.1 Å². The highest BCUT2D eigenvalue weighted by molar-refractivity contribution is 6.30. The predicted molar refractivity (Wildman–Crippen MR) is 91.5 cm³/mol. The molecule has 0 N–H and O–H groups in total. The molecule has 2 nitrogen and oxygen atoms in total. The maximum atomic E-state index is 9.42. The van der Waals surface area contributed by atoms with E-state index < -0.39 is 0 Å². The lowest BCUT2D eigenvalue weighted by Crippen LogP contribution is -2.10. The van der Waals surface area contributed by atoms with E-state index in [9.17, 15) is 5.26 Å². The van der Waals surface area contributed by atoms with Crippen molar-refractivity contribution < 1.29 is 0 Å². The van der Waals surface area contributed by atoms with Gasteiger partial charge in [0.05, 0.1) is 11.6 Å². The van der Waals surface area contributed by atoms with Gasteiger partial charge >= 0.3 is 0 Å². The van der Waals surface area contributed by atoms with Gasteiger partial charge in [-0.25, -0.2) is 0 Å². The minimum atomic E-state index is 0.618. The molecule has 0 atom stereocenters. The molecule has 0 spiro atoms. The number of rotatable bonds is 3. The van der Waals surface area contributed by atoms with Crippen LogP contribution >= 0.6 is 11.6 Å². The molecule has 1 fully saturated rings. The zero-order chi connectivity index (χ0) is 15.4. The van der Waals surface area contributed by atoms with Crippen molar-refractivity contribution in [2.75, 3.05) is 0 Å². The van der Waals surface area contributed by atoms with Gasteiger partial charge in [0, 0.05) is 23.5 Å². The van der Waals surface area contributed by atoms with E-state index in [1.54, 1.807) is 0 Å². The molecular formula is C19H19ClN2. The molecule has 1 heterocycles. The molecule has 0 aliphatic heterocycles. The number of allylic oxidation sites excluding steroid dienone is 1. The first-order valence-corrected chi connectivity index (χ1v) is 8.19. The van der Waals surface area contributed by atoms with E-state index in [-0.39, 0.29) is 0 Å². The van der Waals surface area contributed by atoms with Gasteiger partial charge in [0.15, 0.2) is 0 Å². The van der Waals surface area contributed by atoms with E-state index in [4.69, 9.17) is 11.6 Å². The topological polar surface area (TPSA) is 28.7 Å². The highest BCUT2D eigenvalue weighted by atomic mass is 35.5. The Morgan fingerprint density at radius 2 is 2.05 bits per heavy atom. The molecule has 112 valence electrons. The fourth-order valence-electron chi connectivity index (χ4n) is 3.12. The van der Waals surface area contributed by atoms with E-state index in [0.717, 1.165) is 11.1 Å². The normalized spacial score (nSPS) is 16.5. The summed E-state index contributed by atoms with van der Waals surface area (Å²) < 4.78 is 2.30. The molecule has 3 rings (SSSR count). The summed E-state index contributed by atoms with van der Waals surface area (Å²) in [6, 6.07) is 12.4. The van der Waals surface area contributed by atoms with E-state index in [0.29, 0.717) is 16.6 Å². The molecule has 0 unspecified atom stereocenters. The summed E-state index contributed by atoms with van der Waals surface area (Å²) in [7, 11) is 0. The SMILES string of the molecule is N#C/C(=C\c1ccn(C2CCCCC2)c1)c1cccc(Cl)c1. The van der Waals surface area contributed by atoms with Crippen molar-refractivity contribution in [3.8, 4) is 6.07 Å². The van der Waals surface area contributed by atoms with Crippen molar-refractivity contribution >= 4 is 23.3 Å². The van der Waals surface area contributed by atoms with E-state index in [1.165, 1.54) is 32.1 Å². The van der Waals surface area contributed by atoms with Crippen LogP contribution in [-0.2, 0) is 0 Å². The second-order valence-electron chi connectivity index (χ2n) is 5.86. The lowest BCUT2D eigenvalue weighted by atomic mass is 9.95. The monoisotopic (exact) mass is 310 g/mol. The summed E-state index contributed by atoms with van der Waals surface area (Å²) in [5, 5.41) is 10.1. The maximum absolute atomic E-state index is 9.42. The molecule has 0 radical (unpaired) electrons. The first-order chi connectivity index (χ1) is 10.8. The number of benzene rings is 1. The van der Waals surface area contributed by atoms with Gasteiger partial charge in [-0.15, -0.1) is 0 Å². The Morgan fingerprint density at radius 1 is 1.23 bits per heavy atom. The van der Waals surface area contributed by atoms with Crippen LogP contribution in [0.1, 0.15) is 49.3 Å². The van der Waals surface area contributed by atoms with Crippen LogP contribution < -0.4 is 0 Å².